The number of nitrogens with zero attached hydrogens (tertiary/aromatic N) is 1. The molecular formula is C25H31FN2O4. The van der Waals surface area contributed by atoms with E-state index >= 15 is 0 Å². The van der Waals surface area contributed by atoms with Crippen molar-refractivity contribution in [3.05, 3.63) is 58.2 Å². The van der Waals surface area contributed by atoms with Gasteiger partial charge in [0.05, 0.1) is 13.2 Å². The van der Waals surface area contributed by atoms with E-state index in [2.05, 4.69) is 4.98 Å². The summed E-state index contributed by atoms with van der Waals surface area (Å²) in [5, 5.41) is 0. The van der Waals surface area contributed by atoms with Gasteiger partial charge in [0, 0.05) is 23.4 Å². The molecule has 3 rings (SSSR count). The molecule has 1 aromatic heterocycles. The molecule has 0 radical (unpaired) electrons. The second-order valence-corrected chi connectivity index (χ2v) is 8.63. The van der Waals surface area contributed by atoms with Gasteiger partial charge < -0.3 is 14.6 Å². The summed E-state index contributed by atoms with van der Waals surface area (Å²) in [6.45, 7) is 5.61. The zero-order chi connectivity index (χ0) is 23.4. The summed E-state index contributed by atoms with van der Waals surface area (Å²) in [6.07, 6.45) is 5.45. The first kappa shape index (κ1) is 23.7. The van der Waals surface area contributed by atoms with Crippen LogP contribution in [0.4, 0.5) is 4.39 Å². The highest BCUT2D eigenvalue weighted by Crippen LogP contribution is 2.28. The van der Waals surface area contributed by atoms with Crippen molar-refractivity contribution in [1.82, 2.24) is 9.88 Å². The van der Waals surface area contributed by atoms with Gasteiger partial charge in [0.2, 0.25) is 0 Å². The number of benzene rings is 1. The number of esters is 1. The smallest absolute Gasteiger partial charge is 0.354 e. The minimum Gasteiger partial charge on any atom is -0.464 e. The summed E-state index contributed by atoms with van der Waals surface area (Å²) < 4.78 is 18.2. The van der Waals surface area contributed by atoms with Gasteiger partial charge in [0.25, 0.3) is 5.91 Å². The van der Waals surface area contributed by atoms with E-state index < -0.39 is 17.8 Å². The molecule has 1 saturated carbocycles. The van der Waals surface area contributed by atoms with Crippen LogP contribution in [-0.4, -0.2) is 47.2 Å². The zero-order valence-electron chi connectivity index (χ0n) is 19.2. The van der Waals surface area contributed by atoms with Crippen LogP contribution in [0.25, 0.3) is 0 Å². The van der Waals surface area contributed by atoms with Crippen molar-refractivity contribution in [3.8, 4) is 0 Å². The van der Waals surface area contributed by atoms with Gasteiger partial charge in [-0.25, -0.2) is 9.18 Å². The molecule has 1 heterocycles. The third-order valence-corrected chi connectivity index (χ3v) is 6.45. The molecule has 1 N–H and O–H groups in total. The number of halogens is 1. The van der Waals surface area contributed by atoms with E-state index in [4.69, 9.17) is 4.74 Å². The van der Waals surface area contributed by atoms with E-state index in [-0.39, 0.29) is 17.4 Å². The molecule has 32 heavy (non-hydrogen) atoms. The maximum atomic E-state index is 13.6. The molecule has 1 atom stereocenters. The first-order valence-corrected chi connectivity index (χ1v) is 11.1. The predicted molar refractivity (Wildman–Crippen MR) is 119 cm³/mol. The van der Waals surface area contributed by atoms with Crippen molar-refractivity contribution in [1.29, 1.82) is 0 Å². The van der Waals surface area contributed by atoms with E-state index in [1.807, 2.05) is 0 Å². The number of nitrogens with one attached hydrogen (secondary N) is 1. The van der Waals surface area contributed by atoms with E-state index in [1.54, 1.807) is 25.7 Å². The molecule has 0 bridgehead atoms. The van der Waals surface area contributed by atoms with Crippen molar-refractivity contribution in [2.45, 2.75) is 58.9 Å². The Morgan fingerprint density at radius 1 is 1.12 bits per heavy atom. The Morgan fingerprint density at radius 3 is 2.34 bits per heavy atom. The number of aromatic amines is 1. The van der Waals surface area contributed by atoms with Crippen LogP contribution in [0.2, 0.25) is 0 Å². The van der Waals surface area contributed by atoms with Gasteiger partial charge in [-0.2, -0.15) is 0 Å². The van der Waals surface area contributed by atoms with Crippen molar-refractivity contribution >= 4 is 17.7 Å². The molecule has 1 aliphatic rings. The fourth-order valence-corrected chi connectivity index (χ4v) is 4.60. The molecule has 1 amide bonds. The average molecular weight is 443 g/mol. The largest absolute Gasteiger partial charge is 0.464 e. The number of ketones is 1. The zero-order valence-corrected chi connectivity index (χ0v) is 19.2. The number of methoxy groups -OCH3 is 1. The number of hydrogen-bond acceptors (Lipinski definition) is 4. The highest BCUT2D eigenvalue weighted by molar-refractivity contribution is 6.07. The maximum Gasteiger partial charge on any atom is 0.354 e. The van der Waals surface area contributed by atoms with Crippen LogP contribution in [-0.2, 0) is 4.74 Å². The summed E-state index contributed by atoms with van der Waals surface area (Å²) >= 11 is 0. The fraction of sp³-hybridized carbons (Fsp3) is 0.480. The highest BCUT2D eigenvalue weighted by atomic mass is 19.1. The minimum absolute atomic E-state index is 0.238. The molecule has 2 aromatic rings. The summed E-state index contributed by atoms with van der Waals surface area (Å²) in [4.78, 5) is 43.6. The van der Waals surface area contributed by atoms with E-state index in [0.717, 1.165) is 25.7 Å². The summed E-state index contributed by atoms with van der Waals surface area (Å²) in [7, 11) is 1.29. The molecular weight excluding hydrogens is 411 g/mol. The van der Waals surface area contributed by atoms with Gasteiger partial charge in [-0.05, 0) is 69.4 Å². The third kappa shape index (κ3) is 4.92. The minimum atomic E-state index is -0.742. The number of aromatic nitrogens is 1. The molecule has 7 heteroatoms. The predicted octanol–water partition coefficient (Wildman–Crippen LogP) is 4.85. The Labute approximate surface area is 188 Å². The Morgan fingerprint density at radius 2 is 1.75 bits per heavy atom. The Hall–Kier alpha value is -2.96. The quantitative estimate of drug-likeness (QED) is 0.491. The lowest BCUT2D eigenvalue weighted by atomic mass is 9.88. The molecule has 0 spiro atoms. The van der Waals surface area contributed by atoms with Crippen LogP contribution >= 0.6 is 0 Å². The van der Waals surface area contributed by atoms with Gasteiger partial charge in [-0.3, -0.25) is 9.59 Å². The monoisotopic (exact) mass is 442 g/mol. The lowest BCUT2D eigenvalue weighted by Gasteiger charge is -2.33. The van der Waals surface area contributed by atoms with Gasteiger partial charge in [0.1, 0.15) is 11.5 Å². The lowest BCUT2D eigenvalue weighted by molar-refractivity contribution is 0.0577. The number of rotatable bonds is 7. The second-order valence-electron chi connectivity index (χ2n) is 8.63. The molecule has 1 fully saturated rings. The number of hydrogen-bond donors (Lipinski definition) is 1. The van der Waals surface area contributed by atoms with E-state index in [0.29, 0.717) is 34.8 Å². The summed E-state index contributed by atoms with van der Waals surface area (Å²) in [6, 6.07) is 4.66. The number of carbonyl (C=O) groups is 3. The molecule has 0 aliphatic heterocycles. The Bertz CT molecular complexity index is 990. The first-order chi connectivity index (χ1) is 15.2. The number of Topliss-reactive ketones (excluding diaryl/α,β-unsaturated/α-hetero) is 1. The maximum absolute atomic E-state index is 13.6. The molecule has 1 aromatic carbocycles. The average Bonchev–Trinajstić information content (AvgIpc) is 3.10. The summed E-state index contributed by atoms with van der Waals surface area (Å²) in [5.74, 6) is -1.17. The standard InChI is InChI=1S/C25H31FN2O4/c1-15-21(16(2)27-22(15)25(31)32-4)23(29)17(3)28(14-18-8-6-5-7-9-18)24(30)19-10-12-20(26)13-11-19/h10-13,17-18,27H,5-9,14H2,1-4H3/t17-/m1/s1. The topological polar surface area (TPSA) is 79.5 Å². The van der Waals surface area contributed by atoms with E-state index in [1.165, 1.54) is 37.8 Å². The van der Waals surface area contributed by atoms with Crippen LogP contribution in [0.1, 0.15) is 81.5 Å². The fourth-order valence-electron chi connectivity index (χ4n) is 4.60. The van der Waals surface area contributed by atoms with Gasteiger partial charge >= 0.3 is 5.97 Å². The SMILES string of the molecule is COC(=O)c1[nH]c(C)c(C(=O)[C@@H](C)N(CC2CCCCC2)C(=O)c2ccc(F)cc2)c1C. The number of amides is 1. The van der Waals surface area contributed by atoms with Crippen LogP contribution in [0.5, 0.6) is 0 Å². The highest BCUT2D eigenvalue weighted by Gasteiger charge is 2.33. The first-order valence-electron chi connectivity index (χ1n) is 11.1. The van der Waals surface area contributed by atoms with Crippen molar-refractivity contribution in [2.24, 2.45) is 5.92 Å². The third-order valence-electron chi connectivity index (χ3n) is 6.45. The van der Waals surface area contributed by atoms with Crippen LogP contribution in [0.15, 0.2) is 24.3 Å². The molecule has 6 nitrogen and oxygen atoms in total. The van der Waals surface area contributed by atoms with Crippen LogP contribution in [0, 0.1) is 25.6 Å². The van der Waals surface area contributed by atoms with Crippen molar-refractivity contribution in [3.63, 3.8) is 0 Å². The number of H-pyrrole nitrogens is 1. The molecule has 0 saturated heterocycles. The van der Waals surface area contributed by atoms with Gasteiger partial charge in [0.15, 0.2) is 5.78 Å². The Kier molecular flexibility index (Phi) is 7.48. The van der Waals surface area contributed by atoms with Crippen molar-refractivity contribution in [2.75, 3.05) is 13.7 Å². The molecule has 1 aliphatic carbocycles. The van der Waals surface area contributed by atoms with Crippen molar-refractivity contribution < 1.29 is 23.5 Å². The van der Waals surface area contributed by atoms with Crippen LogP contribution < -0.4 is 0 Å². The van der Waals surface area contributed by atoms with Gasteiger partial charge in [-0.1, -0.05) is 19.3 Å². The number of carbonyl (C=O) groups excluding carboxylic acids is 3. The van der Waals surface area contributed by atoms with E-state index in [9.17, 15) is 18.8 Å². The molecule has 0 unspecified atom stereocenters. The number of ether oxygens (including phenoxy) is 1. The number of aryl methyl sites for hydroxylation is 1. The molecule has 172 valence electrons. The van der Waals surface area contributed by atoms with Crippen LogP contribution in [0.3, 0.4) is 0 Å². The van der Waals surface area contributed by atoms with Gasteiger partial charge in [-0.15, -0.1) is 0 Å². The summed E-state index contributed by atoms with van der Waals surface area (Å²) in [5.41, 5.74) is 2.06. The Balaban J connectivity index is 1.93. The lowest BCUT2D eigenvalue weighted by Crippen LogP contribution is -2.46. The normalized spacial score (nSPS) is 15.3. The second kappa shape index (κ2) is 10.1.